The van der Waals surface area contributed by atoms with Crippen molar-refractivity contribution in [3.8, 4) is 0 Å². The third-order valence-electron chi connectivity index (χ3n) is 3.31. The van der Waals surface area contributed by atoms with Crippen molar-refractivity contribution in [2.45, 2.75) is 18.2 Å². The van der Waals surface area contributed by atoms with E-state index in [0.717, 1.165) is 24.0 Å². The quantitative estimate of drug-likeness (QED) is 0.362. The molecule has 0 saturated heterocycles. The molecule has 2 N–H and O–H groups in total. The predicted molar refractivity (Wildman–Crippen MR) is 84.4 cm³/mol. The molecule has 1 amide bonds. The van der Waals surface area contributed by atoms with E-state index in [2.05, 4.69) is 4.99 Å². The lowest BCUT2D eigenvalue weighted by molar-refractivity contribution is -0.134. The van der Waals surface area contributed by atoms with E-state index in [4.69, 9.17) is 5.84 Å². The van der Waals surface area contributed by atoms with Gasteiger partial charge in [-0.2, -0.15) is 0 Å². The van der Waals surface area contributed by atoms with Gasteiger partial charge in [0.05, 0.1) is 10.8 Å². The molecule has 2 atom stereocenters. The number of carbonyl (C=O) groups excluding carboxylic acids is 2. The highest BCUT2D eigenvalue weighted by molar-refractivity contribution is 7.92. The molecule has 0 saturated carbocycles. The van der Waals surface area contributed by atoms with Crippen molar-refractivity contribution in [1.82, 2.24) is 5.01 Å². The molecule has 7 nitrogen and oxygen atoms in total. The van der Waals surface area contributed by atoms with E-state index in [1.54, 1.807) is 11.4 Å². The smallest absolute Gasteiger partial charge is 0.246 e. The first kappa shape index (κ1) is 16.8. The highest BCUT2D eigenvalue weighted by atomic mass is 32.2. The third kappa shape index (κ3) is 3.60. The Bertz CT molecular complexity index is 682. The topological polar surface area (TPSA) is 110 Å². The number of hydrazine groups is 1. The van der Waals surface area contributed by atoms with Crippen LogP contribution in [0.2, 0.25) is 0 Å². The van der Waals surface area contributed by atoms with Crippen LogP contribution in [0.3, 0.4) is 0 Å². The number of carbonyl (C=O) groups is 2. The molecule has 22 heavy (non-hydrogen) atoms. The molecule has 120 valence electrons. The molecule has 0 aliphatic carbocycles. The summed E-state index contributed by atoms with van der Waals surface area (Å²) in [7, 11) is -3.88. The summed E-state index contributed by atoms with van der Waals surface area (Å²) in [5, 5.41) is 0.483. The Morgan fingerprint density at radius 1 is 1.50 bits per heavy atom. The molecule has 1 aromatic heterocycles. The minimum absolute atomic E-state index is 0.246. The van der Waals surface area contributed by atoms with Crippen molar-refractivity contribution >= 4 is 39.1 Å². The first-order valence-electron chi connectivity index (χ1n) is 6.66. The Balaban J connectivity index is 2.29. The first-order valence-corrected chi connectivity index (χ1v) is 9.50. The summed E-state index contributed by atoms with van der Waals surface area (Å²) in [6.07, 6.45) is 3.63. The van der Waals surface area contributed by atoms with Gasteiger partial charge in [0.15, 0.2) is 9.84 Å². The molecule has 0 fully saturated rings. The molecular weight excluding hydrogens is 326 g/mol. The Hall–Kier alpha value is -1.58. The lowest BCUT2D eigenvalue weighted by Crippen LogP contribution is -2.55. The maximum absolute atomic E-state index is 12.4. The number of hydrogen-bond donors (Lipinski definition) is 1. The maximum atomic E-state index is 12.4. The summed E-state index contributed by atoms with van der Waals surface area (Å²) < 4.78 is 23.9. The molecule has 2 unspecified atom stereocenters. The number of amides is 1. The van der Waals surface area contributed by atoms with E-state index in [9.17, 15) is 18.0 Å². The molecule has 0 radical (unpaired) electrons. The molecule has 2 rings (SSSR count). The van der Waals surface area contributed by atoms with Crippen molar-refractivity contribution in [2.24, 2.45) is 16.8 Å². The number of nitrogens with two attached hydrogens (primary N) is 1. The van der Waals surface area contributed by atoms with Gasteiger partial charge in [-0.3, -0.25) is 19.6 Å². The zero-order valence-electron chi connectivity index (χ0n) is 12.0. The van der Waals surface area contributed by atoms with Crippen LogP contribution in [-0.2, 0) is 14.6 Å². The average Bonchev–Trinajstić information content (AvgIpc) is 3.00. The molecule has 9 heteroatoms. The van der Waals surface area contributed by atoms with Crippen LogP contribution in [0, 0.1) is 5.92 Å². The fraction of sp³-hybridized carbons (Fsp3) is 0.462. The van der Waals surface area contributed by atoms with Gasteiger partial charge in [-0.25, -0.2) is 14.3 Å². The van der Waals surface area contributed by atoms with Gasteiger partial charge in [0, 0.05) is 19.0 Å². The number of rotatable bonds is 5. The fourth-order valence-electron chi connectivity index (χ4n) is 2.24. The number of hydrogen-bond acceptors (Lipinski definition) is 7. The van der Waals surface area contributed by atoms with Gasteiger partial charge in [-0.05, 0) is 24.3 Å². The van der Waals surface area contributed by atoms with Gasteiger partial charge in [0.25, 0.3) is 0 Å². The second kappa shape index (κ2) is 6.67. The van der Waals surface area contributed by atoms with E-state index in [0.29, 0.717) is 18.0 Å². The monoisotopic (exact) mass is 343 g/mol. The van der Waals surface area contributed by atoms with Gasteiger partial charge in [0.1, 0.15) is 0 Å². The lowest BCUT2D eigenvalue weighted by atomic mass is 10.0. The minimum Gasteiger partial charge on any atom is -0.297 e. The molecule has 2 heterocycles. The summed E-state index contributed by atoms with van der Waals surface area (Å²) in [4.78, 5) is 29.0. The minimum atomic E-state index is -3.88. The van der Waals surface area contributed by atoms with Crippen LogP contribution < -0.4 is 5.84 Å². The summed E-state index contributed by atoms with van der Waals surface area (Å²) in [5.41, 5.74) is 0. The lowest BCUT2D eigenvalue weighted by Gasteiger charge is -2.27. The SMILES string of the molecule is CS(=O)(=O)C(C(=O)c1cccs1)N(N)C(=O)C1C=NCCC1. The van der Waals surface area contributed by atoms with E-state index < -0.39 is 32.8 Å². The molecule has 0 spiro atoms. The van der Waals surface area contributed by atoms with Gasteiger partial charge >= 0.3 is 0 Å². The molecule has 1 aliphatic rings. The van der Waals surface area contributed by atoms with Gasteiger partial charge < -0.3 is 0 Å². The Morgan fingerprint density at radius 3 is 2.73 bits per heavy atom. The Morgan fingerprint density at radius 2 is 2.23 bits per heavy atom. The molecule has 0 aromatic carbocycles. The predicted octanol–water partition coefficient (Wildman–Crippen LogP) is 0.485. The number of thiophene rings is 1. The van der Waals surface area contributed by atoms with Crippen LogP contribution in [0.1, 0.15) is 22.5 Å². The van der Waals surface area contributed by atoms with Crippen LogP contribution >= 0.6 is 11.3 Å². The summed E-state index contributed by atoms with van der Waals surface area (Å²) in [6.45, 7) is 0.637. The number of ketones is 1. The first-order chi connectivity index (χ1) is 10.3. The Kier molecular flexibility index (Phi) is 5.09. The van der Waals surface area contributed by atoms with Crippen molar-refractivity contribution < 1.29 is 18.0 Å². The second-order valence-corrected chi connectivity index (χ2v) is 8.13. The third-order valence-corrected chi connectivity index (χ3v) is 5.44. The van der Waals surface area contributed by atoms with E-state index in [1.807, 2.05) is 0 Å². The summed E-state index contributed by atoms with van der Waals surface area (Å²) in [6, 6.07) is 3.14. The van der Waals surface area contributed by atoms with Crippen molar-refractivity contribution in [1.29, 1.82) is 0 Å². The van der Waals surface area contributed by atoms with E-state index >= 15 is 0 Å². The van der Waals surface area contributed by atoms with Crippen molar-refractivity contribution in [2.75, 3.05) is 12.8 Å². The number of Topliss-reactive ketones (excluding diaryl/α,β-unsaturated/α-hetero) is 1. The maximum Gasteiger partial charge on any atom is 0.246 e. The molecule has 1 aliphatic heterocycles. The van der Waals surface area contributed by atoms with Gasteiger partial charge in [0.2, 0.25) is 17.1 Å². The highest BCUT2D eigenvalue weighted by Gasteiger charge is 2.39. The number of sulfone groups is 1. The normalized spacial score (nSPS) is 19.6. The van der Waals surface area contributed by atoms with Crippen molar-refractivity contribution in [3.63, 3.8) is 0 Å². The van der Waals surface area contributed by atoms with Crippen LogP contribution in [-0.4, -0.2) is 49.5 Å². The average molecular weight is 343 g/mol. The van der Waals surface area contributed by atoms with Gasteiger partial charge in [-0.1, -0.05) is 6.07 Å². The largest absolute Gasteiger partial charge is 0.297 e. The van der Waals surface area contributed by atoms with Crippen LogP contribution in [0.5, 0.6) is 0 Å². The van der Waals surface area contributed by atoms with Crippen molar-refractivity contribution in [3.05, 3.63) is 22.4 Å². The molecule has 1 aromatic rings. The summed E-state index contributed by atoms with van der Waals surface area (Å²) in [5.74, 6) is 3.83. The van der Waals surface area contributed by atoms with Crippen LogP contribution in [0.15, 0.2) is 22.5 Å². The number of aliphatic imine (C=N–C) groups is 1. The standard InChI is InChI=1S/C13H17N3O4S2/c1-22(19,20)13(11(17)10-5-3-7-21-10)16(14)12(18)9-4-2-6-15-8-9/h3,5,7-9,13H,2,4,6,14H2,1H3. The van der Waals surface area contributed by atoms with E-state index in [-0.39, 0.29) is 4.88 Å². The Labute approximate surface area is 132 Å². The molecule has 0 bridgehead atoms. The van der Waals surface area contributed by atoms with Gasteiger partial charge in [-0.15, -0.1) is 11.3 Å². The number of nitrogens with zero attached hydrogens (tertiary/aromatic N) is 2. The van der Waals surface area contributed by atoms with E-state index in [1.165, 1.54) is 12.3 Å². The zero-order chi connectivity index (χ0) is 16.3. The van der Waals surface area contributed by atoms with Crippen LogP contribution in [0.25, 0.3) is 0 Å². The fourth-order valence-corrected chi connectivity index (χ4v) is 4.04. The summed E-state index contributed by atoms with van der Waals surface area (Å²) >= 11 is 1.11. The molecular formula is C13H17N3O4S2. The second-order valence-electron chi connectivity index (χ2n) is 5.07. The highest BCUT2D eigenvalue weighted by Crippen LogP contribution is 2.19. The van der Waals surface area contributed by atoms with Crippen LogP contribution in [0.4, 0.5) is 0 Å². The zero-order valence-corrected chi connectivity index (χ0v) is 13.6.